The van der Waals surface area contributed by atoms with Crippen LogP contribution in [0.5, 0.6) is 0 Å². The number of fused-ring (bicyclic) bond motifs is 1. The molecule has 188 valence electrons. The maximum Gasteiger partial charge on any atom is 0.316 e. The number of hydrogen-bond acceptors (Lipinski definition) is 11. The van der Waals surface area contributed by atoms with Crippen LogP contribution in [0, 0.1) is 11.3 Å². The van der Waals surface area contributed by atoms with E-state index < -0.39 is 78.0 Å². The molecule has 0 amide bonds. The number of rotatable bonds is 7. The van der Waals surface area contributed by atoms with Crippen LogP contribution in [-0.2, 0) is 23.9 Å². The van der Waals surface area contributed by atoms with Crippen molar-refractivity contribution in [2.45, 2.75) is 80.3 Å². The van der Waals surface area contributed by atoms with E-state index in [0.717, 1.165) is 0 Å². The van der Waals surface area contributed by atoms with Crippen molar-refractivity contribution in [1.29, 1.82) is 0 Å². The Morgan fingerprint density at radius 2 is 1.79 bits per heavy atom. The van der Waals surface area contributed by atoms with E-state index >= 15 is 0 Å². The lowest BCUT2D eigenvalue weighted by atomic mass is 9.39. The van der Waals surface area contributed by atoms with Crippen molar-refractivity contribution in [1.82, 2.24) is 0 Å². The summed E-state index contributed by atoms with van der Waals surface area (Å²) in [6.07, 6.45) is -9.22. The summed E-state index contributed by atoms with van der Waals surface area (Å²) in [6.45, 7) is 0.998. The van der Waals surface area contributed by atoms with Crippen LogP contribution in [0.2, 0.25) is 0 Å². The first-order valence-electron chi connectivity index (χ1n) is 11.4. The third kappa shape index (κ3) is 3.00. The van der Waals surface area contributed by atoms with Gasteiger partial charge in [0.1, 0.15) is 47.1 Å². The molecule has 1 aromatic carbocycles. The van der Waals surface area contributed by atoms with Crippen molar-refractivity contribution in [3.05, 3.63) is 35.9 Å². The monoisotopic (exact) mass is 482 g/mol. The number of hydrogen-bond donors (Lipinski definition) is 6. The van der Waals surface area contributed by atoms with Gasteiger partial charge in [-0.3, -0.25) is 10.1 Å². The predicted molar refractivity (Wildman–Crippen MR) is 111 cm³/mol. The van der Waals surface area contributed by atoms with E-state index in [1.54, 1.807) is 37.3 Å². The normalized spacial score (nSPS) is 48.2. The van der Waals surface area contributed by atoms with E-state index in [4.69, 9.17) is 19.1 Å². The fourth-order valence-corrected chi connectivity index (χ4v) is 6.65. The van der Waals surface area contributed by atoms with Crippen LogP contribution >= 0.6 is 0 Å². The number of carbonyl (C=O) groups is 1. The second-order valence-corrected chi connectivity index (χ2v) is 10.0. The summed E-state index contributed by atoms with van der Waals surface area (Å²) in [5.74, 6) is -1.19. The molecule has 2 heterocycles. The number of benzene rings is 1. The summed E-state index contributed by atoms with van der Waals surface area (Å²) >= 11 is 0. The molecule has 3 saturated carbocycles. The minimum Gasteiger partial charge on any atom is -0.456 e. The summed E-state index contributed by atoms with van der Waals surface area (Å²) < 4.78 is 17.7. The van der Waals surface area contributed by atoms with Gasteiger partial charge in [0.15, 0.2) is 6.29 Å². The second-order valence-electron chi connectivity index (χ2n) is 10.0. The molecule has 6 N–H and O–H groups in total. The molecule has 6 rings (SSSR count). The van der Waals surface area contributed by atoms with Gasteiger partial charge in [-0.1, -0.05) is 30.3 Å². The van der Waals surface area contributed by atoms with Crippen molar-refractivity contribution in [2.24, 2.45) is 11.3 Å². The Kier molecular flexibility index (Phi) is 5.79. The van der Waals surface area contributed by atoms with Crippen LogP contribution in [0.25, 0.3) is 0 Å². The van der Waals surface area contributed by atoms with Gasteiger partial charge in [0.25, 0.3) is 0 Å². The molecule has 2 aliphatic heterocycles. The van der Waals surface area contributed by atoms with E-state index in [2.05, 4.69) is 0 Å². The zero-order chi connectivity index (χ0) is 24.5. The minimum atomic E-state index is -1.67. The number of aliphatic hydroxyl groups excluding tert-OH is 5. The Balaban J connectivity index is 1.53. The highest BCUT2D eigenvalue weighted by Gasteiger charge is 2.88. The number of esters is 1. The first-order valence-corrected chi connectivity index (χ1v) is 11.4. The predicted octanol–water partition coefficient (Wildman–Crippen LogP) is -0.751. The molecule has 5 fully saturated rings. The van der Waals surface area contributed by atoms with Crippen molar-refractivity contribution >= 4 is 5.97 Å². The Morgan fingerprint density at radius 1 is 1.09 bits per heavy atom. The Hall–Kier alpha value is -1.67. The lowest BCUT2D eigenvalue weighted by molar-refractivity contribution is -0.397. The standard InChI is InChI=1S/C23H30O11/c1-21-8-13(25)12-7-23(21,32-19-18(28)17(27)16(26)15(10-24)31-19)22(12,20(29)33-21)9-14(34-30)11-5-3-2-4-6-11/h2-6,12-19,24-28,30H,7-10H2,1H3/t12?,13-,14?,15?,16?,17?,18?,19?,21+,22-,23?/m1/s1. The third-order valence-electron chi connectivity index (χ3n) is 8.43. The average Bonchev–Trinajstić information content (AvgIpc) is 2.88. The maximum absolute atomic E-state index is 13.4. The minimum absolute atomic E-state index is 0.0819. The molecule has 0 spiro atoms. The van der Waals surface area contributed by atoms with Gasteiger partial charge in [-0.2, -0.15) is 0 Å². The van der Waals surface area contributed by atoms with Gasteiger partial charge >= 0.3 is 5.97 Å². The molecule has 11 heteroatoms. The lowest BCUT2D eigenvalue weighted by Gasteiger charge is -2.67. The topological polar surface area (TPSA) is 175 Å². The lowest BCUT2D eigenvalue weighted by Crippen LogP contribution is -2.79. The first kappa shape index (κ1) is 24.0. The first-order chi connectivity index (χ1) is 16.1. The summed E-state index contributed by atoms with van der Waals surface area (Å²) in [6, 6.07) is 8.77. The SMILES string of the molecule is C[C@]12C[C@@H](O)C3CC1(OC1OC(CO)C(O)C(O)C1O)[C@@]3(CC(OO)c1ccccc1)C(=O)O2. The van der Waals surface area contributed by atoms with Gasteiger partial charge in [-0.25, -0.2) is 4.89 Å². The zero-order valence-electron chi connectivity index (χ0n) is 18.6. The quantitative estimate of drug-likeness (QED) is 0.164. The molecule has 8 unspecified atom stereocenters. The summed E-state index contributed by atoms with van der Waals surface area (Å²) in [7, 11) is 0. The molecular formula is C23H30O11. The van der Waals surface area contributed by atoms with E-state index in [-0.39, 0.29) is 19.3 Å². The Morgan fingerprint density at radius 3 is 2.44 bits per heavy atom. The molecule has 5 aliphatic rings. The third-order valence-corrected chi connectivity index (χ3v) is 8.43. The average molecular weight is 482 g/mol. The smallest absolute Gasteiger partial charge is 0.316 e. The molecule has 3 aliphatic carbocycles. The Bertz CT molecular complexity index is 927. The molecule has 11 atom stereocenters. The summed E-state index contributed by atoms with van der Waals surface area (Å²) in [5.41, 5.74) is -3.53. The van der Waals surface area contributed by atoms with E-state index in [1.807, 2.05) is 0 Å². The maximum atomic E-state index is 13.4. The van der Waals surface area contributed by atoms with Crippen LogP contribution < -0.4 is 0 Å². The number of aliphatic hydroxyl groups is 5. The molecule has 4 bridgehead atoms. The molecule has 2 saturated heterocycles. The molecule has 34 heavy (non-hydrogen) atoms. The van der Waals surface area contributed by atoms with Gasteiger partial charge in [-0.15, -0.1) is 0 Å². The van der Waals surface area contributed by atoms with E-state index in [1.165, 1.54) is 0 Å². The Labute approximate surface area is 195 Å². The number of ether oxygens (including phenoxy) is 3. The molecular weight excluding hydrogens is 452 g/mol. The second kappa shape index (κ2) is 8.19. The van der Waals surface area contributed by atoms with Crippen LogP contribution in [0.15, 0.2) is 30.3 Å². The highest BCUT2D eigenvalue weighted by Crippen LogP contribution is 2.75. The van der Waals surface area contributed by atoms with Gasteiger partial charge < -0.3 is 39.7 Å². The molecule has 0 aromatic heterocycles. The fourth-order valence-electron chi connectivity index (χ4n) is 6.65. The number of carbonyl (C=O) groups excluding carboxylic acids is 1. The van der Waals surface area contributed by atoms with Crippen molar-refractivity contribution in [2.75, 3.05) is 6.61 Å². The van der Waals surface area contributed by atoms with Crippen LogP contribution in [-0.4, -0.2) is 91.4 Å². The molecule has 11 nitrogen and oxygen atoms in total. The van der Waals surface area contributed by atoms with Crippen molar-refractivity contribution < 1.29 is 54.7 Å². The fraction of sp³-hybridized carbons (Fsp3) is 0.696. The van der Waals surface area contributed by atoms with Gasteiger partial charge in [0.05, 0.1) is 12.7 Å². The van der Waals surface area contributed by atoms with Crippen LogP contribution in [0.4, 0.5) is 0 Å². The summed E-state index contributed by atoms with van der Waals surface area (Å²) in [4.78, 5) is 18.2. The highest BCUT2D eigenvalue weighted by molar-refractivity contribution is 5.86. The largest absolute Gasteiger partial charge is 0.456 e. The van der Waals surface area contributed by atoms with Crippen molar-refractivity contribution in [3.8, 4) is 0 Å². The van der Waals surface area contributed by atoms with Gasteiger partial charge in [0, 0.05) is 18.8 Å². The van der Waals surface area contributed by atoms with E-state index in [0.29, 0.717) is 5.56 Å². The van der Waals surface area contributed by atoms with Crippen LogP contribution in [0.1, 0.15) is 37.9 Å². The molecule has 1 aromatic rings. The molecule has 0 radical (unpaired) electrons. The van der Waals surface area contributed by atoms with Crippen LogP contribution in [0.3, 0.4) is 0 Å². The van der Waals surface area contributed by atoms with Gasteiger partial charge in [-0.05, 0) is 18.9 Å². The van der Waals surface area contributed by atoms with E-state index in [9.17, 15) is 35.6 Å². The van der Waals surface area contributed by atoms with Gasteiger partial charge in [0.2, 0.25) is 0 Å². The summed E-state index contributed by atoms with van der Waals surface area (Å²) in [5, 5.41) is 61.1. The van der Waals surface area contributed by atoms with Crippen molar-refractivity contribution in [3.63, 3.8) is 0 Å². The highest BCUT2D eigenvalue weighted by atomic mass is 17.1. The zero-order valence-corrected chi connectivity index (χ0v) is 18.6.